The smallest absolute Gasteiger partial charge is 0.338 e. The summed E-state index contributed by atoms with van der Waals surface area (Å²) in [5.74, 6) is -1.13. The summed E-state index contributed by atoms with van der Waals surface area (Å²) in [6.07, 6.45) is 6.05. The highest BCUT2D eigenvalue weighted by atomic mass is 32.1. The SMILES string of the molecule is CCOC(=O)C1=C(CN2CCN3C(=O)N(C45CCC(CC(=O)O)(CC4)C5)CC3C2)NC(c2nccs2)=NC1c1cccc(F)c1C. The number of carboxylic acid groups (broad SMARTS) is 1. The van der Waals surface area contributed by atoms with Crippen molar-refractivity contribution >= 4 is 35.1 Å². The molecule has 1 aromatic heterocycles. The van der Waals surface area contributed by atoms with E-state index in [1.54, 1.807) is 32.2 Å². The second kappa shape index (κ2) is 11.8. The first-order valence-corrected chi connectivity index (χ1v) is 16.9. The molecule has 2 saturated heterocycles. The van der Waals surface area contributed by atoms with Crippen LogP contribution in [0.1, 0.15) is 67.6 Å². The van der Waals surface area contributed by atoms with Crippen LogP contribution in [0.3, 0.4) is 0 Å². The highest BCUT2D eigenvalue weighted by Gasteiger charge is 2.61. The van der Waals surface area contributed by atoms with Crippen molar-refractivity contribution in [1.82, 2.24) is 25.0 Å². The van der Waals surface area contributed by atoms with E-state index in [1.807, 2.05) is 10.3 Å². The molecule has 244 valence electrons. The number of carboxylic acids is 1. The van der Waals surface area contributed by atoms with E-state index in [4.69, 9.17) is 9.73 Å². The van der Waals surface area contributed by atoms with Gasteiger partial charge >= 0.3 is 18.0 Å². The van der Waals surface area contributed by atoms with Gasteiger partial charge in [-0.3, -0.25) is 14.7 Å². The number of urea groups is 1. The van der Waals surface area contributed by atoms with Gasteiger partial charge in [0.2, 0.25) is 0 Å². The van der Waals surface area contributed by atoms with Crippen LogP contribution in [0, 0.1) is 18.2 Å². The molecule has 2 amide bonds. The zero-order chi connectivity index (χ0) is 32.2. The molecule has 2 aliphatic carbocycles. The van der Waals surface area contributed by atoms with Crippen molar-refractivity contribution in [2.75, 3.05) is 39.3 Å². The van der Waals surface area contributed by atoms with E-state index in [-0.39, 0.29) is 41.9 Å². The molecule has 4 fully saturated rings. The van der Waals surface area contributed by atoms with E-state index in [1.165, 1.54) is 17.4 Å². The van der Waals surface area contributed by atoms with Gasteiger partial charge in [-0.1, -0.05) is 12.1 Å². The zero-order valence-electron chi connectivity index (χ0n) is 26.1. The number of aliphatic carboxylic acids is 1. The Morgan fingerprint density at radius 2 is 2.00 bits per heavy atom. The molecule has 5 aliphatic rings. The van der Waals surface area contributed by atoms with E-state index in [2.05, 4.69) is 20.1 Å². The standard InChI is InChI=1S/C33H39FN6O5S/c1-3-45-30(43)26-24(36-28(29-35-11-14-46-29)37-27(26)22-5-4-6-23(34)20(22)2)18-38-12-13-39-21(16-38)17-40(31(39)44)33-9-7-32(19-33,8-10-33)15-25(41)42/h4-6,11,14,21,27H,3,7-10,12-13,15-19H2,1-2H3,(H,36,37)(H,41,42). The Labute approximate surface area is 271 Å². The summed E-state index contributed by atoms with van der Waals surface area (Å²) in [5.41, 5.74) is 1.52. The molecule has 2 bridgehead atoms. The number of ether oxygens (including phenoxy) is 1. The summed E-state index contributed by atoms with van der Waals surface area (Å²) in [6, 6.07) is 4.07. The highest BCUT2D eigenvalue weighted by molar-refractivity contribution is 7.11. The van der Waals surface area contributed by atoms with Gasteiger partial charge in [0.15, 0.2) is 10.8 Å². The molecule has 4 heterocycles. The van der Waals surface area contributed by atoms with E-state index >= 15 is 0 Å². The van der Waals surface area contributed by atoms with Crippen LogP contribution in [0.4, 0.5) is 9.18 Å². The van der Waals surface area contributed by atoms with Gasteiger partial charge in [-0.15, -0.1) is 11.3 Å². The second-order valence-corrected chi connectivity index (χ2v) is 14.3. The fourth-order valence-corrected chi connectivity index (χ4v) is 9.11. The number of nitrogens with zero attached hydrogens (tertiary/aromatic N) is 5. The lowest BCUT2D eigenvalue weighted by molar-refractivity contribution is -0.140. The van der Waals surface area contributed by atoms with Crippen LogP contribution < -0.4 is 5.32 Å². The van der Waals surface area contributed by atoms with E-state index in [0.29, 0.717) is 66.0 Å². The van der Waals surface area contributed by atoms with E-state index in [0.717, 1.165) is 32.1 Å². The number of rotatable bonds is 9. The van der Waals surface area contributed by atoms with Gasteiger partial charge in [0, 0.05) is 55.5 Å². The number of carbonyl (C=O) groups excluding carboxylic acids is 2. The Morgan fingerprint density at radius 1 is 1.20 bits per heavy atom. The molecule has 2 N–H and O–H groups in total. The minimum absolute atomic E-state index is 0.0192. The third kappa shape index (κ3) is 5.26. The summed E-state index contributed by atoms with van der Waals surface area (Å²) in [7, 11) is 0. The average molecular weight is 651 g/mol. The topological polar surface area (TPSA) is 128 Å². The summed E-state index contributed by atoms with van der Waals surface area (Å²) in [4.78, 5) is 54.6. The lowest BCUT2D eigenvalue weighted by Crippen LogP contribution is -2.53. The lowest BCUT2D eigenvalue weighted by Gasteiger charge is -2.38. The number of benzene rings is 1. The van der Waals surface area contributed by atoms with Crippen LogP contribution in [0.15, 0.2) is 46.0 Å². The molecule has 2 unspecified atom stereocenters. The number of hydrogen-bond donors (Lipinski definition) is 2. The average Bonchev–Trinajstić information content (AvgIpc) is 3.82. The Kier molecular flexibility index (Phi) is 7.87. The number of amides is 2. The number of nitrogens with one attached hydrogen (secondary N) is 1. The summed E-state index contributed by atoms with van der Waals surface area (Å²) >= 11 is 1.42. The number of aliphatic imine (C=N–C) groups is 1. The minimum atomic E-state index is -0.787. The summed E-state index contributed by atoms with van der Waals surface area (Å²) in [5, 5.41) is 15.4. The number of thiazole rings is 1. The molecular weight excluding hydrogens is 611 g/mol. The third-order valence-corrected chi connectivity index (χ3v) is 11.5. The Morgan fingerprint density at radius 3 is 2.72 bits per heavy atom. The van der Waals surface area contributed by atoms with Gasteiger partial charge in [0.05, 0.1) is 24.6 Å². The Balaban J connectivity index is 1.16. The first kappa shape index (κ1) is 30.8. The van der Waals surface area contributed by atoms with E-state index in [9.17, 15) is 23.9 Å². The molecule has 0 radical (unpaired) electrons. The first-order chi connectivity index (χ1) is 22.1. The van der Waals surface area contributed by atoms with Crippen molar-refractivity contribution in [2.45, 2.75) is 70.0 Å². The number of hydrogen-bond acceptors (Lipinski definition) is 9. The molecule has 0 spiro atoms. The maximum absolute atomic E-state index is 14.8. The zero-order valence-corrected chi connectivity index (χ0v) is 26.9. The molecule has 3 aliphatic heterocycles. The third-order valence-electron chi connectivity index (χ3n) is 10.7. The predicted molar refractivity (Wildman–Crippen MR) is 169 cm³/mol. The van der Waals surface area contributed by atoms with Crippen LogP contribution >= 0.6 is 11.3 Å². The fraction of sp³-hybridized carbons (Fsp3) is 0.545. The van der Waals surface area contributed by atoms with Crippen molar-refractivity contribution in [1.29, 1.82) is 0 Å². The van der Waals surface area contributed by atoms with Gasteiger partial charge in [0.1, 0.15) is 11.9 Å². The van der Waals surface area contributed by atoms with Crippen molar-refractivity contribution < 1.29 is 28.6 Å². The van der Waals surface area contributed by atoms with E-state index < -0.39 is 18.0 Å². The molecule has 2 atom stereocenters. The van der Waals surface area contributed by atoms with Gasteiger partial charge < -0.3 is 25.0 Å². The van der Waals surface area contributed by atoms with Crippen LogP contribution in [0.5, 0.6) is 0 Å². The van der Waals surface area contributed by atoms with Gasteiger partial charge in [0.25, 0.3) is 0 Å². The molecule has 46 heavy (non-hydrogen) atoms. The van der Waals surface area contributed by atoms with Crippen molar-refractivity contribution in [3.05, 3.63) is 63.0 Å². The molecule has 13 heteroatoms. The molecule has 11 nitrogen and oxygen atoms in total. The maximum Gasteiger partial charge on any atom is 0.338 e. The summed E-state index contributed by atoms with van der Waals surface area (Å²) < 4.78 is 20.3. The predicted octanol–water partition coefficient (Wildman–Crippen LogP) is 4.10. The van der Waals surface area contributed by atoms with Crippen molar-refractivity contribution in [3.8, 4) is 0 Å². The monoisotopic (exact) mass is 650 g/mol. The fourth-order valence-electron chi connectivity index (χ4n) is 8.52. The Hall–Kier alpha value is -3.84. The summed E-state index contributed by atoms with van der Waals surface area (Å²) in [6.45, 7) is 6.40. The van der Waals surface area contributed by atoms with Crippen LogP contribution in [-0.2, 0) is 14.3 Å². The lowest BCUT2D eigenvalue weighted by atomic mass is 9.81. The minimum Gasteiger partial charge on any atom is -0.481 e. The largest absolute Gasteiger partial charge is 0.481 e. The molecule has 2 saturated carbocycles. The van der Waals surface area contributed by atoms with Crippen molar-refractivity contribution in [2.24, 2.45) is 10.4 Å². The van der Waals surface area contributed by atoms with Gasteiger partial charge in [-0.25, -0.2) is 19.0 Å². The molecule has 1 aromatic carbocycles. The number of amidine groups is 1. The van der Waals surface area contributed by atoms with Crippen LogP contribution in [0.25, 0.3) is 0 Å². The van der Waals surface area contributed by atoms with Crippen LogP contribution in [0.2, 0.25) is 0 Å². The number of halogens is 1. The number of esters is 1. The quantitative estimate of drug-likeness (QED) is 0.389. The number of aromatic nitrogens is 1. The van der Waals surface area contributed by atoms with Gasteiger partial charge in [-0.2, -0.15) is 0 Å². The number of carbonyl (C=O) groups is 3. The second-order valence-electron chi connectivity index (χ2n) is 13.4. The Bertz CT molecular complexity index is 1620. The normalized spacial score (nSPS) is 29.2. The molecular formula is C33H39FN6O5S. The van der Waals surface area contributed by atoms with Crippen molar-refractivity contribution in [3.63, 3.8) is 0 Å². The van der Waals surface area contributed by atoms with Gasteiger partial charge in [-0.05, 0) is 68.6 Å². The number of fused-ring (bicyclic) bond motifs is 3. The first-order valence-electron chi connectivity index (χ1n) is 16.0. The number of piperazine rings is 1. The van der Waals surface area contributed by atoms with Crippen LogP contribution in [-0.4, -0.2) is 99.5 Å². The molecule has 7 rings (SSSR count). The molecule has 2 aromatic rings. The maximum atomic E-state index is 14.8. The highest BCUT2D eigenvalue weighted by Crippen LogP contribution is 2.61.